The number of fused-ring (bicyclic) bond motifs is 1. The highest BCUT2D eigenvalue weighted by molar-refractivity contribution is 7.20. The zero-order chi connectivity index (χ0) is 11.7. The molecule has 4 nitrogen and oxygen atoms in total. The van der Waals surface area contributed by atoms with Crippen LogP contribution in [-0.2, 0) is 4.84 Å². The number of hydroxylamine groups is 2. The Balaban J connectivity index is 2.48. The van der Waals surface area contributed by atoms with Crippen molar-refractivity contribution < 1.29 is 9.63 Å². The highest BCUT2D eigenvalue weighted by Crippen LogP contribution is 2.27. The van der Waals surface area contributed by atoms with Crippen molar-refractivity contribution in [1.29, 1.82) is 0 Å². The maximum atomic E-state index is 11.8. The molecule has 0 aliphatic rings. The van der Waals surface area contributed by atoms with E-state index in [0.717, 1.165) is 15.6 Å². The summed E-state index contributed by atoms with van der Waals surface area (Å²) in [7, 11) is 3.07. The lowest BCUT2D eigenvalue weighted by Crippen LogP contribution is -2.24. The third-order valence-electron chi connectivity index (χ3n) is 2.42. The van der Waals surface area contributed by atoms with Crippen LogP contribution in [0.25, 0.3) is 10.1 Å². The van der Waals surface area contributed by atoms with Crippen molar-refractivity contribution in [3.8, 4) is 0 Å². The van der Waals surface area contributed by atoms with Crippen molar-refractivity contribution in [3.05, 3.63) is 28.9 Å². The van der Waals surface area contributed by atoms with Crippen LogP contribution < -0.4 is 0 Å². The fourth-order valence-electron chi connectivity index (χ4n) is 1.44. The molecule has 2 aromatic heterocycles. The standard InChI is InChI=1S/C11H12N2O2S/c1-7-5-12-6-10-8(7)4-9(16-10)11(14)13(2)15-3/h4-6H,1-3H3. The zero-order valence-corrected chi connectivity index (χ0v) is 10.2. The summed E-state index contributed by atoms with van der Waals surface area (Å²) < 4.78 is 1.02. The molecule has 0 atom stereocenters. The van der Waals surface area contributed by atoms with Gasteiger partial charge in [-0.25, -0.2) is 5.06 Å². The van der Waals surface area contributed by atoms with E-state index in [4.69, 9.17) is 4.84 Å². The van der Waals surface area contributed by atoms with Crippen LogP contribution in [0.2, 0.25) is 0 Å². The van der Waals surface area contributed by atoms with Crippen LogP contribution in [0.4, 0.5) is 0 Å². The molecule has 1 amide bonds. The Hall–Kier alpha value is -1.46. The van der Waals surface area contributed by atoms with Gasteiger partial charge in [0.2, 0.25) is 0 Å². The van der Waals surface area contributed by atoms with Crippen LogP contribution in [0.15, 0.2) is 18.5 Å². The van der Waals surface area contributed by atoms with E-state index in [1.54, 1.807) is 19.4 Å². The van der Waals surface area contributed by atoms with Crippen molar-refractivity contribution in [2.45, 2.75) is 6.92 Å². The normalized spacial score (nSPS) is 10.7. The van der Waals surface area contributed by atoms with E-state index in [9.17, 15) is 4.79 Å². The molecule has 0 saturated heterocycles. The van der Waals surface area contributed by atoms with Gasteiger partial charge in [0.1, 0.15) is 0 Å². The van der Waals surface area contributed by atoms with Crippen LogP contribution in [0, 0.1) is 6.92 Å². The second-order valence-electron chi connectivity index (χ2n) is 3.46. The van der Waals surface area contributed by atoms with Gasteiger partial charge in [0.15, 0.2) is 0 Å². The minimum atomic E-state index is -0.136. The Morgan fingerprint density at radius 1 is 1.50 bits per heavy atom. The van der Waals surface area contributed by atoms with E-state index in [0.29, 0.717) is 4.88 Å². The van der Waals surface area contributed by atoms with Crippen LogP contribution in [-0.4, -0.2) is 30.1 Å². The average molecular weight is 236 g/mol. The van der Waals surface area contributed by atoms with Gasteiger partial charge in [0.25, 0.3) is 5.91 Å². The van der Waals surface area contributed by atoms with Gasteiger partial charge < -0.3 is 0 Å². The topological polar surface area (TPSA) is 42.4 Å². The Labute approximate surface area is 97.4 Å². The van der Waals surface area contributed by atoms with Gasteiger partial charge in [-0.2, -0.15) is 0 Å². The minimum Gasteiger partial charge on any atom is -0.274 e. The fraction of sp³-hybridized carbons (Fsp3) is 0.273. The smallest absolute Gasteiger partial charge is 0.274 e. The maximum absolute atomic E-state index is 11.8. The summed E-state index contributed by atoms with van der Waals surface area (Å²) in [5.41, 5.74) is 1.08. The Bertz CT molecular complexity index is 536. The van der Waals surface area contributed by atoms with Gasteiger partial charge >= 0.3 is 0 Å². The molecule has 2 aromatic rings. The van der Waals surface area contributed by atoms with Gasteiger partial charge in [-0.15, -0.1) is 11.3 Å². The number of carbonyl (C=O) groups excluding carboxylic acids is 1. The molecule has 0 aliphatic carbocycles. The third kappa shape index (κ3) is 1.79. The second kappa shape index (κ2) is 4.19. The highest BCUT2D eigenvalue weighted by Gasteiger charge is 2.15. The molecule has 0 fully saturated rings. The van der Waals surface area contributed by atoms with Crippen molar-refractivity contribution >= 4 is 27.3 Å². The zero-order valence-electron chi connectivity index (χ0n) is 9.35. The van der Waals surface area contributed by atoms with Crippen LogP contribution in [0.5, 0.6) is 0 Å². The molecule has 2 heterocycles. The first-order valence-corrected chi connectivity index (χ1v) is 5.61. The summed E-state index contributed by atoms with van der Waals surface area (Å²) in [6, 6.07) is 1.88. The summed E-state index contributed by atoms with van der Waals surface area (Å²) in [5, 5.41) is 2.29. The van der Waals surface area contributed by atoms with E-state index in [1.807, 2.05) is 13.0 Å². The summed E-state index contributed by atoms with van der Waals surface area (Å²) in [4.78, 5) is 21.5. The second-order valence-corrected chi connectivity index (χ2v) is 4.55. The van der Waals surface area contributed by atoms with Gasteiger partial charge in [0.05, 0.1) is 16.7 Å². The first-order valence-electron chi connectivity index (χ1n) is 4.80. The lowest BCUT2D eigenvalue weighted by atomic mass is 10.2. The molecule has 0 aromatic carbocycles. The molecule has 0 saturated carbocycles. The predicted octanol–water partition coefficient (Wildman–Crippen LogP) is 2.24. The van der Waals surface area contributed by atoms with Crippen LogP contribution in [0.3, 0.4) is 0 Å². The van der Waals surface area contributed by atoms with E-state index in [1.165, 1.54) is 23.5 Å². The van der Waals surface area contributed by atoms with E-state index in [-0.39, 0.29) is 5.91 Å². The summed E-state index contributed by atoms with van der Waals surface area (Å²) in [5.74, 6) is -0.136. The third-order valence-corrected chi connectivity index (χ3v) is 3.47. The maximum Gasteiger partial charge on any atom is 0.287 e. The van der Waals surface area contributed by atoms with E-state index in [2.05, 4.69) is 4.98 Å². The van der Waals surface area contributed by atoms with Gasteiger partial charge in [-0.05, 0) is 23.9 Å². The highest BCUT2D eigenvalue weighted by atomic mass is 32.1. The number of amides is 1. The number of hydrogen-bond acceptors (Lipinski definition) is 4. The van der Waals surface area contributed by atoms with Crippen LogP contribution in [0.1, 0.15) is 15.2 Å². The quantitative estimate of drug-likeness (QED) is 0.751. The monoisotopic (exact) mass is 236 g/mol. The number of thiophene rings is 1. The van der Waals surface area contributed by atoms with E-state index >= 15 is 0 Å². The minimum absolute atomic E-state index is 0.136. The van der Waals surface area contributed by atoms with Crippen molar-refractivity contribution in [2.75, 3.05) is 14.2 Å². The Morgan fingerprint density at radius 3 is 2.88 bits per heavy atom. The molecular weight excluding hydrogens is 224 g/mol. The first-order chi connectivity index (χ1) is 7.63. The van der Waals surface area contributed by atoms with Crippen molar-refractivity contribution in [1.82, 2.24) is 10.0 Å². The molecule has 5 heteroatoms. The summed E-state index contributed by atoms with van der Waals surface area (Å²) in [6.07, 6.45) is 3.57. The molecular formula is C11H12N2O2S. The largest absolute Gasteiger partial charge is 0.287 e. The molecule has 0 radical (unpaired) electrons. The Kier molecular flexibility index (Phi) is 2.89. The summed E-state index contributed by atoms with van der Waals surface area (Å²) in [6.45, 7) is 1.98. The first kappa shape index (κ1) is 11.0. The number of aryl methyl sites for hydroxylation is 1. The number of nitrogens with zero attached hydrogens (tertiary/aromatic N) is 2. The van der Waals surface area contributed by atoms with Crippen molar-refractivity contribution in [2.24, 2.45) is 0 Å². The summed E-state index contributed by atoms with van der Waals surface area (Å²) >= 11 is 1.43. The molecule has 84 valence electrons. The Morgan fingerprint density at radius 2 is 2.25 bits per heavy atom. The van der Waals surface area contributed by atoms with Gasteiger partial charge in [-0.1, -0.05) is 0 Å². The van der Waals surface area contributed by atoms with Gasteiger partial charge in [-0.3, -0.25) is 14.6 Å². The fourth-order valence-corrected chi connectivity index (χ4v) is 2.51. The number of aromatic nitrogens is 1. The number of carbonyl (C=O) groups is 1. The van der Waals surface area contributed by atoms with Crippen molar-refractivity contribution in [3.63, 3.8) is 0 Å². The average Bonchev–Trinajstić information content (AvgIpc) is 2.72. The lowest BCUT2D eigenvalue weighted by Gasteiger charge is -2.11. The molecule has 16 heavy (non-hydrogen) atoms. The molecule has 0 spiro atoms. The molecule has 0 bridgehead atoms. The number of rotatable bonds is 2. The molecule has 0 N–H and O–H groups in total. The van der Waals surface area contributed by atoms with Crippen LogP contribution >= 0.6 is 11.3 Å². The lowest BCUT2D eigenvalue weighted by molar-refractivity contribution is -0.0753. The van der Waals surface area contributed by atoms with E-state index < -0.39 is 0 Å². The number of hydrogen-bond donors (Lipinski definition) is 0. The SMILES string of the molecule is CON(C)C(=O)c1cc2c(C)cncc2s1. The number of pyridine rings is 1. The van der Waals surface area contributed by atoms with Gasteiger partial charge in [0, 0.05) is 19.4 Å². The molecule has 2 rings (SSSR count). The predicted molar refractivity (Wildman–Crippen MR) is 63.5 cm³/mol. The molecule has 0 aliphatic heterocycles. The molecule has 0 unspecified atom stereocenters.